The number of imidazole rings is 1. The maximum atomic E-state index is 6.58. The van der Waals surface area contributed by atoms with Crippen LogP contribution in [0.15, 0.2) is 66.9 Å². The van der Waals surface area contributed by atoms with Gasteiger partial charge in [0, 0.05) is 46.5 Å². The van der Waals surface area contributed by atoms with Crippen molar-refractivity contribution in [3.63, 3.8) is 0 Å². The standard InChI is InChI=1S/C25H26N6/c1-3-25-28-20-11-9-16(13-21(20)29-25)24(15-26)31(27)17-10-12-23-19(14-17)18-7-5-6-8-22(18)30(23)4-2/h5-15H,3-4,26-27H2,1-2H3,(H,28,29)/b24-15-. The lowest BCUT2D eigenvalue weighted by molar-refractivity contribution is 0.827. The van der Waals surface area contributed by atoms with E-state index in [2.05, 4.69) is 64.8 Å². The summed E-state index contributed by atoms with van der Waals surface area (Å²) in [5.74, 6) is 7.55. The Morgan fingerprint density at radius 2 is 1.84 bits per heavy atom. The van der Waals surface area contributed by atoms with Crippen LogP contribution >= 0.6 is 0 Å². The zero-order valence-electron chi connectivity index (χ0n) is 17.8. The molecule has 0 bridgehead atoms. The SMILES string of the molecule is CCc1nc2cc(/C(=C/N)N(N)c3ccc4c(c3)c3ccccc3n4CC)ccc2[nH]1. The fraction of sp³-hybridized carbons (Fsp3) is 0.160. The van der Waals surface area contributed by atoms with E-state index >= 15 is 0 Å². The molecule has 0 atom stereocenters. The number of para-hydroxylation sites is 1. The third-order valence-electron chi connectivity index (χ3n) is 5.93. The minimum Gasteiger partial charge on any atom is -0.403 e. The van der Waals surface area contributed by atoms with Crippen molar-refractivity contribution in [1.82, 2.24) is 14.5 Å². The van der Waals surface area contributed by atoms with E-state index in [1.165, 1.54) is 21.8 Å². The van der Waals surface area contributed by atoms with Gasteiger partial charge in [-0.2, -0.15) is 0 Å². The Hall–Kier alpha value is -3.77. The molecule has 0 aliphatic rings. The number of hydrazine groups is 1. The van der Waals surface area contributed by atoms with Gasteiger partial charge in [-0.15, -0.1) is 0 Å². The van der Waals surface area contributed by atoms with Crippen molar-refractivity contribution in [1.29, 1.82) is 0 Å². The highest BCUT2D eigenvalue weighted by atomic mass is 15.4. The number of fused-ring (bicyclic) bond motifs is 4. The Morgan fingerprint density at radius 3 is 2.61 bits per heavy atom. The summed E-state index contributed by atoms with van der Waals surface area (Å²) < 4.78 is 2.33. The van der Waals surface area contributed by atoms with Gasteiger partial charge >= 0.3 is 0 Å². The van der Waals surface area contributed by atoms with E-state index in [0.29, 0.717) is 0 Å². The predicted molar refractivity (Wildman–Crippen MR) is 129 cm³/mol. The highest BCUT2D eigenvalue weighted by Crippen LogP contribution is 2.33. The fourth-order valence-corrected chi connectivity index (χ4v) is 4.37. The van der Waals surface area contributed by atoms with Crippen LogP contribution in [0.1, 0.15) is 25.2 Å². The molecule has 0 radical (unpaired) electrons. The second kappa shape index (κ2) is 7.49. The van der Waals surface area contributed by atoms with Gasteiger partial charge < -0.3 is 15.3 Å². The molecule has 0 saturated heterocycles. The average Bonchev–Trinajstić information content (AvgIpc) is 3.37. The number of hydrogen-bond donors (Lipinski definition) is 3. The van der Waals surface area contributed by atoms with Crippen LogP contribution in [0.5, 0.6) is 0 Å². The zero-order chi connectivity index (χ0) is 21.5. The maximum absolute atomic E-state index is 6.58. The first kappa shape index (κ1) is 19.2. The third kappa shape index (κ3) is 3.04. The molecule has 31 heavy (non-hydrogen) atoms. The van der Waals surface area contributed by atoms with E-state index in [4.69, 9.17) is 11.6 Å². The number of aromatic nitrogens is 3. The molecular formula is C25H26N6. The van der Waals surface area contributed by atoms with E-state index in [1.807, 2.05) is 24.3 Å². The van der Waals surface area contributed by atoms with Crippen molar-refractivity contribution in [2.45, 2.75) is 26.8 Å². The molecule has 0 amide bonds. The van der Waals surface area contributed by atoms with Gasteiger partial charge in [-0.05, 0) is 43.3 Å². The molecule has 0 fully saturated rings. The highest BCUT2D eigenvalue weighted by molar-refractivity contribution is 6.09. The van der Waals surface area contributed by atoms with Crippen LogP contribution < -0.4 is 16.6 Å². The van der Waals surface area contributed by atoms with Crippen LogP contribution in [0.2, 0.25) is 0 Å². The number of aromatic amines is 1. The van der Waals surface area contributed by atoms with E-state index in [1.54, 1.807) is 11.2 Å². The summed E-state index contributed by atoms with van der Waals surface area (Å²) in [6, 6.07) is 20.8. The van der Waals surface area contributed by atoms with Gasteiger partial charge in [-0.3, -0.25) is 5.01 Å². The first-order valence-electron chi connectivity index (χ1n) is 10.6. The number of nitrogens with two attached hydrogens (primary N) is 2. The van der Waals surface area contributed by atoms with Crippen molar-refractivity contribution < 1.29 is 0 Å². The van der Waals surface area contributed by atoms with Crippen molar-refractivity contribution in [2.24, 2.45) is 11.6 Å². The monoisotopic (exact) mass is 410 g/mol. The van der Waals surface area contributed by atoms with Gasteiger partial charge in [0.1, 0.15) is 5.82 Å². The van der Waals surface area contributed by atoms with Gasteiger partial charge in [0.15, 0.2) is 0 Å². The second-order valence-electron chi connectivity index (χ2n) is 7.65. The minimum absolute atomic E-state index is 0.724. The van der Waals surface area contributed by atoms with Crippen LogP contribution in [0, 0.1) is 0 Å². The quantitative estimate of drug-likeness (QED) is 0.284. The molecule has 2 heterocycles. The number of aryl methyl sites for hydroxylation is 2. The molecule has 3 aromatic carbocycles. The fourth-order valence-electron chi connectivity index (χ4n) is 4.37. The minimum atomic E-state index is 0.724. The third-order valence-corrected chi connectivity index (χ3v) is 5.93. The number of nitrogens with zero attached hydrogens (tertiary/aromatic N) is 3. The lowest BCUT2D eigenvalue weighted by Crippen LogP contribution is -2.29. The van der Waals surface area contributed by atoms with E-state index in [9.17, 15) is 0 Å². The molecule has 5 N–H and O–H groups in total. The van der Waals surface area contributed by atoms with Crippen molar-refractivity contribution in [2.75, 3.05) is 5.01 Å². The molecule has 0 unspecified atom stereocenters. The number of hydrogen-bond acceptors (Lipinski definition) is 4. The Balaban J connectivity index is 1.59. The van der Waals surface area contributed by atoms with Gasteiger partial charge in [0.05, 0.1) is 22.4 Å². The molecule has 156 valence electrons. The van der Waals surface area contributed by atoms with Gasteiger partial charge in [-0.25, -0.2) is 10.8 Å². The molecule has 0 aliphatic heterocycles. The lowest BCUT2D eigenvalue weighted by atomic mass is 10.1. The Bertz CT molecular complexity index is 1440. The smallest absolute Gasteiger partial charge is 0.106 e. The molecule has 6 nitrogen and oxygen atoms in total. The van der Waals surface area contributed by atoms with Gasteiger partial charge in [0.2, 0.25) is 0 Å². The molecule has 0 aliphatic carbocycles. The number of anilines is 1. The number of H-pyrrole nitrogens is 1. The molecular weight excluding hydrogens is 384 g/mol. The molecule has 6 heteroatoms. The summed E-state index contributed by atoms with van der Waals surface area (Å²) in [5, 5.41) is 4.04. The topological polar surface area (TPSA) is 88.9 Å². The molecule has 0 saturated carbocycles. The molecule has 5 aromatic rings. The van der Waals surface area contributed by atoms with E-state index in [0.717, 1.165) is 46.8 Å². The first-order chi connectivity index (χ1) is 15.1. The van der Waals surface area contributed by atoms with Crippen LogP contribution in [0.4, 0.5) is 5.69 Å². The average molecular weight is 411 g/mol. The number of rotatable bonds is 5. The van der Waals surface area contributed by atoms with Crippen LogP contribution in [0.25, 0.3) is 38.5 Å². The predicted octanol–water partition coefficient (Wildman–Crippen LogP) is 4.89. The van der Waals surface area contributed by atoms with E-state index < -0.39 is 0 Å². The summed E-state index contributed by atoms with van der Waals surface area (Å²) in [6.45, 7) is 5.16. The highest BCUT2D eigenvalue weighted by Gasteiger charge is 2.15. The van der Waals surface area contributed by atoms with Crippen molar-refractivity contribution >= 4 is 44.2 Å². The van der Waals surface area contributed by atoms with E-state index in [-0.39, 0.29) is 0 Å². The summed E-state index contributed by atoms with van der Waals surface area (Å²) >= 11 is 0. The number of benzene rings is 3. The molecule has 2 aromatic heterocycles. The van der Waals surface area contributed by atoms with Crippen molar-refractivity contribution in [3.05, 3.63) is 78.3 Å². The maximum Gasteiger partial charge on any atom is 0.106 e. The number of nitrogens with one attached hydrogen (secondary N) is 1. The summed E-state index contributed by atoms with van der Waals surface area (Å²) in [6.07, 6.45) is 2.41. The normalized spacial score (nSPS) is 12.3. The Labute approximate surface area is 180 Å². The lowest BCUT2D eigenvalue weighted by Gasteiger charge is -2.22. The Morgan fingerprint density at radius 1 is 1.03 bits per heavy atom. The first-order valence-corrected chi connectivity index (χ1v) is 10.6. The summed E-state index contributed by atoms with van der Waals surface area (Å²) in [5.41, 5.74) is 12.9. The second-order valence-corrected chi connectivity index (χ2v) is 7.65. The molecule has 0 spiro atoms. The Kier molecular flexibility index (Phi) is 4.64. The summed E-state index contributed by atoms with van der Waals surface area (Å²) in [4.78, 5) is 7.97. The largest absolute Gasteiger partial charge is 0.403 e. The van der Waals surface area contributed by atoms with Crippen LogP contribution in [-0.4, -0.2) is 14.5 Å². The van der Waals surface area contributed by atoms with Gasteiger partial charge in [-0.1, -0.05) is 31.2 Å². The van der Waals surface area contributed by atoms with Crippen LogP contribution in [-0.2, 0) is 13.0 Å². The van der Waals surface area contributed by atoms with Crippen LogP contribution in [0.3, 0.4) is 0 Å². The summed E-state index contributed by atoms with van der Waals surface area (Å²) in [7, 11) is 0. The van der Waals surface area contributed by atoms with Crippen molar-refractivity contribution in [3.8, 4) is 0 Å². The molecule has 5 rings (SSSR count). The van der Waals surface area contributed by atoms with Gasteiger partial charge in [0.25, 0.3) is 0 Å². The zero-order valence-corrected chi connectivity index (χ0v) is 17.8.